The second kappa shape index (κ2) is 6.28. The molecule has 2 aromatic rings. The summed E-state index contributed by atoms with van der Waals surface area (Å²) in [4.78, 5) is 26.6. The molecule has 0 spiro atoms. The summed E-state index contributed by atoms with van der Waals surface area (Å²) in [5.74, 6) is -0.618. The number of allylic oxidation sites excluding steroid dienone is 1. The molecule has 0 unspecified atom stereocenters. The van der Waals surface area contributed by atoms with Crippen LogP contribution in [0.15, 0.2) is 54.6 Å². The van der Waals surface area contributed by atoms with Gasteiger partial charge in [-0.05, 0) is 54.7 Å². The molecule has 2 aliphatic rings. The van der Waals surface area contributed by atoms with Gasteiger partial charge in [-0.3, -0.25) is 14.5 Å². The van der Waals surface area contributed by atoms with Gasteiger partial charge in [0, 0.05) is 12.5 Å². The molecule has 1 heterocycles. The smallest absolute Gasteiger partial charge is 0.261 e. The van der Waals surface area contributed by atoms with Crippen molar-refractivity contribution in [1.29, 1.82) is 0 Å². The number of fused-ring (bicyclic) bond motifs is 1. The number of hydrogen-bond acceptors (Lipinski definition) is 2. The van der Waals surface area contributed by atoms with E-state index in [0.29, 0.717) is 17.7 Å². The minimum absolute atomic E-state index is 0.0847. The summed E-state index contributed by atoms with van der Waals surface area (Å²) in [6.07, 6.45) is 5.06. The summed E-state index contributed by atoms with van der Waals surface area (Å²) in [5.41, 5.74) is 3.02. The van der Waals surface area contributed by atoms with Gasteiger partial charge in [-0.2, -0.15) is 0 Å². The molecule has 2 amide bonds. The molecule has 0 fully saturated rings. The van der Waals surface area contributed by atoms with Crippen LogP contribution in [0.1, 0.15) is 45.5 Å². The van der Waals surface area contributed by atoms with Crippen LogP contribution in [-0.4, -0.2) is 23.3 Å². The molecule has 4 rings (SSSR count). The van der Waals surface area contributed by atoms with Crippen molar-refractivity contribution in [2.75, 3.05) is 6.54 Å². The van der Waals surface area contributed by atoms with Gasteiger partial charge in [-0.25, -0.2) is 4.39 Å². The Bertz CT molecular complexity index is 835. The van der Waals surface area contributed by atoms with Crippen LogP contribution < -0.4 is 0 Å². The first-order valence-electron chi connectivity index (χ1n) is 8.56. The van der Waals surface area contributed by atoms with E-state index in [9.17, 15) is 14.0 Å². The average Bonchev–Trinajstić information content (AvgIpc) is 2.88. The monoisotopic (exact) mass is 335 g/mol. The van der Waals surface area contributed by atoms with Gasteiger partial charge >= 0.3 is 0 Å². The Morgan fingerprint density at radius 3 is 2.24 bits per heavy atom. The lowest BCUT2D eigenvalue weighted by molar-refractivity contribution is 0.0638. The molecule has 25 heavy (non-hydrogen) atoms. The van der Waals surface area contributed by atoms with E-state index in [4.69, 9.17) is 0 Å². The summed E-state index contributed by atoms with van der Waals surface area (Å²) in [6, 6.07) is 13.4. The van der Waals surface area contributed by atoms with Gasteiger partial charge in [0.15, 0.2) is 0 Å². The Labute approximate surface area is 145 Å². The van der Waals surface area contributed by atoms with Crippen molar-refractivity contribution in [2.24, 2.45) is 5.92 Å². The van der Waals surface area contributed by atoms with Crippen LogP contribution in [0, 0.1) is 11.7 Å². The van der Waals surface area contributed by atoms with Crippen LogP contribution in [-0.2, 0) is 0 Å². The predicted molar refractivity (Wildman–Crippen MR) is 93.5 cm³/mol. The van der Waals surface area contributed by atoms with Gasteiger partial charge in [0.05, 0.1) is 11.1 Å². The van der Waals surface area contributed by atoms with Crippen LogP contribution in [0.25, 0.3) is 5.57 Å². The number of imide groups is 1. The van der Waals surface area contributed by atoms with Crippen LogP contribution in [0.4, 0.5) is 4.39 Å². The Morgan fingerprint density at radius 1 is 0.960 bits per heavy atom. The van der Waals surface area contributed by atoms with Crippen LogP contribution in [0.3, 0.4) is 0 Å². The van der Waals surface area contributed by atoms with Gasteiger partial charge in [0.2, 0.25) is 0 Å². The van der Waals surface area contributed by atoms with Crippen molar-refractivity contribution < 1.29 is 14.0 Å². The summed E-state index contributed by atoms with van der Waals surface area (Å²) in [6.45, 7) is 0.371. The maximum absolute atomic E-state index is 13.2. The van der Waals surface area contributed by atoms with Crippen molar-refractivity contribution in [2.45, 2.75) is 19.3 Å². The van der Waals surface area contributed by atoms with Crippen molar-refractivity contribution in [3.8, 4) is 0 Å². The van der Waals surface area contributed by atoms with Gasteiger partial charge < -0.3 is 0 Å². The zero-order valence-electron chi connectivity index (χ0n) is 13.7. The van der Waals surface area contributed by atoms with Gasteiger partial charge in [-0.15, -0.1) is 0 Å². The molecule has 126 valence electrons. The van der Waals surface area contributed by atoms with E-state index in [1.54, 1.807) is 36.4 Å². The van der Waals surface area contributed by atoms with E-state index < -0.39 is 0 Å². The molecule has 2 aromatic carbocycles. The van der Waals surface area contributed by atoms with Crippen LogP contribution in [0.2, 0.25) is 0 Å². The fourth-order valence-corrected chi connectivity index (χ4v) is 3.75. The summed E-state index contributed by atoms with van der Waals surface area (Å²) >= 11 is 0. The summed E-state index contributed by atoms with van der Waals surface area (Å²) in [5, 5.41) is 0. The highest BCUT2D eigenvalue weighted by Crippen LogP contribution is 2.35. The van der Waals surface area contributed by atoms with Gasteiger partial charge in [0.25, 0.3) is 11.8 Å². The number of amides is 2. The average molecular weight is 335 g/mol. The lowest BCUT2D eigenvalue weighted by Crippen LogP contribution is -2.35. The predicted octanol–water partition coefficient (Wildman–Crippen LogP) is 4.31. The molecule has 0 saturated heterocycles. The quantitative estimate of drug-likeness (QED) is 0.784. The molecule has 0 bridgehead atoms. The third-order valence-corrected chi connectivity index (χ3v) is 5.02. The maximum Gasteiger partial charge on any atom is 0.261 e. The zero-order valence-corrected chi connectivity index (χ0v) is 13.7. The van der Waals surface area contributed by atoms with E-state index in [2.05, 4.69) is 6.08 Å². The third kappa shape index (κ3) is 2.78. The number of halogens is 1. The number of nitrogens with zero attached hydrogens (tertiary/aromatic N) is 1. The molecule has 0 radical (unpaired) electrons. The zero-order chi connectivity index (χ0) is 17.4. The normalized spacial score (nSPS) is 19.8. The van der Waals surface area contributed by atoms with Crippen LogP contribution in [0.5, 0.6) is 0 Å². The Kier molecular flexibility index (Phi) is 3.96. The van der Waals surface area contributed by atoms with E-state index in [-0.39, 0.29) is 23.5 Å². The highest BCUT2D eigenvalue weighted by molar-refractivity contribution is 6.21. The molecule has 3 nitrogen and oxygen atoms in total. The number of carbonyl (C=O) groups is 2. The van der Waals surface area contributed by atoms with E-state index in [0.717, 1.165) is 30.4 Å². The second-order valence-electron chi connectivity index (χ2n) is 6.56. The highest BCUT2D eigenvalue weighted by atomic mass is 19.1. The molecule has 1 aliphatic heterocycles. The van der Waals surface area contributed by atoms with Crippen molar-refractivity contribution in [3.05, 3.63) is 77.1 Å². The van der Waals surface area contributed by atoms with E-state index in [1.807, 2.05) is 0 Å². The van der Waals surface area contributed by atoms with E-state index in [1.165, 1.54) is 17.0 Å². The summed E-state index contributed by atoms with van der Waals surface area (Å²) in [7, 11) is 0. The molecule has 4 heteroatoms. The fraction of sp³-hybridized carbons (Fsp3) is 0.238. The molecule has 1 atom stereocenters. The van der Waals surface area contributed by atoms with E-state index >= 15 is 0 Å². The lowest BCUT2D eigenvalue weighted by atomic mass is 9.83. The highest BCUT2D eigenvalue weighted by Gasteiger charge is 2.37. The lowest BCUT2D eigenvalue weighted by Gasteiger charge is -2.28. The molecule has 0 N–H and O–H groups in total. The second-order valence-corrected chi connectivity index (χ2v) is 6.56. The minimum atomic E-state index is -0.267. The molecular formula is C21H18FNO2. The maximum atomic E-state index is 13.2. The fourth-order valence-electron chi connectivity index (χ4n) is 3.75. The minimum Gasteiger partial charge on any atom is -0.274 e. The SMILES string of the molecule is O=C1c2ccccc2C(=O)N1C[C@H]1CCCC=C1c1ccc(F)cc1. The first-order chi connectivity index (χ1) is 12.1. The molecular weight excluding hydrogens is 317 g/mol. The molecule has 0 aromatic heterocycles. The number of hydrogen-bond donors (Lipinski definition) is 0. The Balaban J connectivity index is 1.61. The van der Waals surface area contributed by atoms with Crippen molar-refractivity contribution >= 4 is 17.4 Å². The van der Waals surface area contributed by atoms with Crippen molar-refractivity contribution in [3.63, 3.8) is 0 Å². The van der Waals surface area contributed by atoms with Gasteiger partial charge in [-0.1, -0.05) is 30.3 Å². The standard InChI is InChI=1S/C21H18FNO2/c22-16-11-9-14(10-12-16)17-6-2-1-5-15(17)13-23-20(24)18-7-3-4-8-19(18)21(23)25/h3-4,6-12,15H,1-2,5,13H2/t15-/m1/s1. The third-order valence-electron chi connectivity index (χ3n) is 5.02. The topological polar surface area (TPSA) is 37.4 Å². The first-order valence-corrected chi connectivity index (χ1v) is 8.56. The Morgan fingerprint density at radius 2 is 1.60 bits per heavy atom. The van der Waals surface area contributed by atoms with Crippen LogP contribution >= 0.6 is 0 Å². The largest absolute Gasteiger partial charge is 0.274 e. The van der Waals surface area contributed by atoms with Gasteiger partial charge in [0.1, 0.15) is 5.82 Å². The molecule has 1 aliphatic carbocycles. The Hall–Kier alpha value is -2.75. The van der Waals surface area contributed by atoms with Crippen molar-refractivity contribution in [1.82, 2.24) is 4.90 Å². The number of rotatable bonds is 3. The first kappa shape index (κ1) is 15.8. The summed E-state index contributed by atoms with van der Waals surface area (Å²) < 4.78 is 13.2. The molecule has 0 saturated carbocycles. The number of carbonyl (C=O) groups excluding carboxylic acids is 2. The number of benzene rings is 2.